The van der Waals surface area contributed by atoms with Crippen molar-refractivity contribution in [2.45, 2.75) is 38.6 Å². The van der Waals surface area contributed by atoms with Crippen molar-refractivity contribution < 1.29 is 29.6 Å². The average Bonchev–Trinajstić information content (AvgIpc) is 1.94. The van der Waals surface area contributed by atoms with Crippen LogP contribution in [0.2, 0.25) is 0 Å². The minimum atomic E-state index is -2.45. The fraction of sp³-hybridized carbons (Fsp3) is 0.750. The summed E-state index contributed by atoms with van der Waals surface area (Å²) < 4.78 is 4.17. The van der Waals surface area contributed by atoms with Crippen LogP contribution in [0.1, 0.15) is 32.6 Å². The van der Waals surface area contributed by atoms with Crippen LogP contribution in [0.5, 0.6) is 0 Å². The molecule has 0 aliphatic heterocycles. The quantitative estimate of drug-likeness (QED) is 0.316. The van der Waals surface area contributed by atoms with Crippen molar-refractivity contribution in [1.82, 2.24) is 0 Å². The van der Waals surface area contributed by atoms with Crippen molar-refractivity contribution in [2.75, 3.05) is 0 Å². The van der Waals surface area contributed by atoms with Gasteiger partial charge in [0.25, 0.3) is 0 Å². The summed E-state index contributed by atoms with van der Waals surface area (Å²) in [5, 5.41) is 25.6. The van der Waals surface area contributed by atoms with Gasteiger partial charge < -0.3 is 20.1 Å². The molecule has 0 spiro atoms. The highest BCUT2D eigenvalue weighted by Crippen LogP contribution is 2.06. The SMILES string of the molecule is CC(O)(O)OC(=O)CCCCC(=O)O. The zero-order valence-corrected chi connectivity index (χ0v) is 7.89. The second-order valence-electron chi connectivity index (χ2n) is 3.01. The van der Waals surface area contributed by atoms with E-state index in [1.54, 1.807) is 0 Å². The Hall–Kier alpha value is -1.14. The number of carbonyl (C=O) groups is 2. The van der Waals surface area contributed by atoms with E-state index >= 15 is 0 Å². The molecule has 0 aromatic rings. The highest BCUT2D eigenvalue weighted by Gasteiger charge is 2.20. The monoisotopic (exact) mass is 206 g/mol. The van der Waals surface area contributed by atoms with Gasteiger partial charge in [-0.05, 0) is 12.8 Å². The van der Waals surface area contributed by atoms with Crippen molar-refractivity contribution >= 4 is 11.9 Å². The van der Waals surface area contributed by atoms with E-state index in [1.165, 1.54) is 0 Å². The fourth-order valence-corrected chi connectivity index (χ4v) is 0.812. The number of carbonyl (C=O) groups excluding carboxylic acids is 1. The van der Waals surface area contributed by atoms with Gasteiger partial charge in [0, 0.05) is 19.8 Å². The number of carboxylic acid groups (broad SMARTS) is 1. The largest absolute Gasteiger partial charge is 0.481 e. The predicted molar refractivity (Wildman–Crippen MR) is 45.0 cm³/mol. The van der Waals surface area contributed by atoms with E-state index in [0.717, 1.165) is 6.92 Å². The number of hydrogen-bond donors (Lipinski definition) is 3. The molecule has 0 aromatic carbocycles. The summed E-state index contributed by atoms with van der Waals surface area (Å²) in [5.74, 6) is -4.14. The van der Waals surface area contributed by atoms with Gasteiger partial charge in [-0.3, -0.25) is 9.59 Å². The van der Waals surface area contributed by atoms with Crippen LogP contribution in [-0.4, -0.2) is 33.2 Å². The van der Waals surface area contributed by atoms with Crippen molar-refractivity contribution in [3.05, 3.63) is 0 Å². The summed E-state index contributed by atoms with van der Waals surface area (Å²) in [6.45, 7) is 0.919. The van der Waals surface area contributed by atoms with E-state index in [-0.39, 0.29) is 12.8 Å². The van der Waals surface area contributed by atoms with Crippen LogP contribution in [0.15, 0.2) is 0 Å². The lowest BCUT2D eigenvalue weighted by Crippen LogP contribution is -2.30. The lowest BCUT2D eigenvalue weighted by molar-refractivity contribution is -0.307. The van der Waals surface area contributed by atoms with Gasteiger partial charge in [-0.25, -0.2) is 0 Å². The summed E-state index contributed by atoms with van der Waals surface area (Å²) in [7, 11) is 0. The summed E-state index contributed by atoms with van der Waals surface area (Å²) in [4.78, 5) is 20.9. The second-order valence-corrected chi connectivity index (χ2v) is 3.01. The number of aliphatic hydroxyl groups is 2. The zero-order valence-electron chi connectivity index (χ0n) is 7.89. The van der Waals surface area contributed by atoms with Gasteiger partial charge in [-0.1, -0.05) is 0 Å². The maximum Gasteiger partial charge on any atom is 0.321 e. The standard InChI is InChI=1S/C8H14O6/c1-8(12,13)14-7(11)5-3-2-4-6(9)10/h12-13H,2-5H2,1H3,(H,9,10). The molecule has 0 saturated heterocycles. The van der Waals surface area contributed by atoms with Crippen LogP contribution in [-0.2, 0) is 14.3 Å². The molecule has 0 bridgehead atoms. The zero-order chi connectivity index (χ0) is 11.2. The van der Waals surface area contributed by atoms with E-state index in [9.17, 15) is 9.59 Å². The molecular formula is C8H14O6. The molecule has 0 rings (SSSR count). The Morgan fingerprint density at radius 3 is 2.14 bits per heavy atom. The van der Waals surface area contributed by atoms with E-state index in [2.05, 4.69) is 4.74 Å². The van der Waals surface area contributed by atoms with Crippen LogP contribution in [0.4, 0.5) is 0 Å². The molecule has 0 aliphatic rings. The molecule has 0 fully saturated rings. The molecule has 0 aromatic heterocycles. The van der Waals surface area contributed by atoms with Gasteiger partial charge in [-0.15, -0.1) is 0 Å². The lowest BCUT2D eigenvalue weighted by atomic mass is 10.2. The molecule has 6 heteroatoms. The van der Waals surface area contributed by atoms with E-state index in [1.807, 2.05) is 0 Å². The summed E-state index contributed by atoms with van der Waals surface area (Å²) in [5.41, 5.74) is 0. The highest BCUT2D eigenvalue weighted by atomic mass is 16.8. The Balaban J connectivity index is 3.50. The molecule has 14 heavy (non-hydrogen) atoms. The molecular weight excluding hydrogens is 192 g/mol. The van der Waals surface area contributed by atoms with Gasteiger partial charge in [0.05, 0.1) is 0 Å². The molecule has 3 N–H and O–H groups in total. The molecule has 0 unspecified atom stereocenters. The van der Waals surface area contributed by atoms with E-state index in [0.29, 0.717) is 12.8 Å². The third kappa shape index (κ3) is 8.95. The van der Waals surface area contributed by atoms with Crippen LogP contribution in [0.3, 0.4) is 0 Å². The first kappa shape index (κ1) is 12.9. The number of rotatable bonds is 6. The molecule has 82 valence electrons. The predicted octanol–water partition coefficient (Wildman–Crippen LogP) is -0.167. The lowest BCUT2D eigenvalue weighted by Gasteiger charge is -2.15. The number of hydrogen-bond acceptors (Lipinski definition) is 5. The maximum atomic E-state index is 10.8. The van der Waals surface area contributed by atoms with Gasteiger partial charge in [0.1, 0.15) is 0 Å². The first-order chi connectivity index (χ1) is 6.31. The Kier molecular flexibility index (Phi) is 5.11. The summed E-state index contributed by atoms with van der Waals surface area (Å²) in [6.07, 6.45) is 0.673. The van der Waals surface area contributed by atoms with Gasteiger partial charge in [-0.2, -0.15) is 0 Å². The Bertz CT molecular complexity index is 204. The molecule has 6 nitrogen and oxygen atoms in total. The number of esters is 1. The van der Waals surface area contributed by atoms with Crippen molar-refractivity contribution in [2.24, 2.45) is 0 Å². The average molecular weight is 206 g/mol. The van der Waals surface area contributed by atoms with Crippen molar-refractivity contribution in [3.63, 3.8) is 0 Å². The van der Waals surface area contributed by atoms with Crippen LogP contribution >= 0.6 is 0 Å². The normalized spacial score (nSPS) is 11.1. The minimum absolute atomic E-state index is 0.0111. The Labute approximate surface area is 81.1 Å². The molecule has 0 aliphatic carbocycles. The fourth-order valence-electron chi connectivity index (χ4n) is 0.812. The molecule has 0 atom stereocenters. The van der Waals surface area contributed by atoms with Crippen molar-refractivity contribution in [3.8, 4) is 0 Å². The third-order valence-electron chi connectivity index (χ3n) is 1.33. The number of unbranched alkanes of at least 4 members (excludes halogenated alkanes) is 1. The minimum Gasteiger partial charge on any atom is -0.481 e. The van der Waals surface area contributed by atoms with Crippen LogP contribution < -0.4 is 0 Å². The van der Waals surface area contributed by atoms with E-state index < -0.39 is 17.9 Å². The number of aliphatic carboxylic acids is 1. The summed E-state index contributed by atoms with van der Waals surface area (Å²) >= 11 is 0. The third-order valence-corrected chi connectivity index (χ3v) is 1.33. The summed E-state index contributed by atoms with van der Waals surface area (Å²) in [6, 6.07) is 0. The van der Waals surface area contributed by atoms with Crippen molar-refractivity contribution in [1.29, 1.82) is 0 Å². The topological polar surface area (TPSA) is 104 Å². The molecule has 0 heterocycles. The maximum absolute atomic E-state index is 10.8. The van der Waals surface area contributed by atoms with Gasteiger partial charge in [0.2, 0.25) is 0 Å². The Morgan fingerprint density at radius 1 is 1.21 bits per heavy atom. The number of carboxylic acids is 1. The van der Waals surface area contributed by atoms with Gasteiger partial charge >= 0.3 is 17.9 Å². The van der Waals surface area contributed by atoms with E-state index in [4.69, 9.17) is 15.3 Å². The molecule has 0 amide bonds. The highest BCUT2D eigenvalue weighted by molar-refractivity contribution is 5.70. The number of ether oxygens (including phenoxy) is 1. The molecule has 0 saturated carbocycles. The molecule has 0 radical (unpaired) electrons. The second kappa shape index (κ2) is 5.56. The van der Waals surface area contributed by atoms with Crippen LogP contribution in [0.25, 0.3) is 0 Å². The van der Waals surface area contributed by atoms with Crippen LogP contribution in [0, 0.1) is 0 Å². The Morgan fingerprint density at radius 2 is 1.71 bits per heavy atom. The smallest absolute Gasteiger partial charge is 0.321 e. The first-order valence-electron chi connectivity index (χ1n) is 4.19. The first-order valence-corrected chi connectivity index (χ1v) is 4.19. The van der Waals surface area contributed by atoms with Gasteiger partial charge in [0.15, 0.2) is 0 Å².